The highest BCUT2D eigenvalue weighted by Crippen LogP contribution is 2.30. The lowest BCUT2D eigenvalue weighted by Gasteiger charge is -2.32. The second kappa shape index (κ2) is 6.66. The average Bonchev–Trinajstić information content (AvgIpc) is 3.01. The molecule has 1 aromatic carbocycles. The maximum atomic E-state index is 13.8. The Kier molecular flexibility index (Phi) is 4.61. The van der Waals surface area contributed by atoms with E-state index in [-0.39, 0.29) is 17.6 Å². The number of carbonyl (C=O) groups excluding carboxylic acids is 1. The number of piperidine rings is 1. The minimum Gasteiger partial charge on any atom is -0.494 e. The number of benzene rings is 1. The number of nitrogens with zero attached hydrogens (tertiary/aromatic N) is 2. The average molecular weight is 334 g/mol. The molecular formula is C17H19FN2O2S. The van der Waals surface area contributed by atoms with Crippen LogP contribution in [0, 0.1) is 12.7 Å². The molecule has 0 unspecified atom stereocenters. The number of thiazole rings is 1. The van der Waals surface area contributed by atoms with Crippen LogP contribution in [0.3, 0.4) is 0 Å². The molecule has 0 bridgehead atoms. The summed E-state index contributed by atoms with van der Waals surface area (Å²) in [7, 11) is 1.41. The Morgan fingerprint density at radius 1 is 1.48 bits per heavy atom. The molecule has 122 valence electrons. The normalized spacial score (nSPS) is 18.0. The molecule has 1 aromatic heterocycles. The molecule has 0 radical (unpaired) electrons. The van der Waals surface area contributed by atoms with Crippen molar-refractivity contribution < 1.29 is 13.9 Å². The zero-order chi connectivity index (χ0) is 16.4. The Balaban J connectivity index is 1.75. The molecule has 1 amide bonds. The number of amides is 1. The summed E-state index contributed by atoms with van der Waals surface area (Å²) in [4.78, 5) is 20.1. The van der Waals surface area contributed by atoms with E-state index >= 15 is 0 Å². The highest BCUT2D eigenvalue weighted by molar-refractivity contribution is 7.11. The van der Waals surface area contributed by atoms with Crippen molar-refractivity contribution in [3.05, 3.63) is 45.7 Å². The van der Waals surface area contributed by atoms with Crippen LogP contribution in [0.1, 0.15) is 39.0 Å². The molecule has 0 spiro atoms. The van der Waals surface area contributed by atoms with Gasteiger partial charge in [-0.2, -0.15) is 0 Å². The van der Waals surface area contributed by atoms with Crippen LogP contribution >= 0.6 is 11.3 Å². The minimum atomic E-state index is -0.512. The Hall–Kier alpha value is -1.95. The fraction of sp³-hybridized carbons (Fsp3) is 0.412. The molecule has 1 fully saturated rings. The molecule has 4 nitrogen and oxygen atoms in total. The first-order valence-corrected chi connectivity index (χ1v) is 8.45. The largest absolute Gasteiger partial charge is 0.494 e. The number of methoxy groups -OCH3 is 1. The predicted octanol–water partition coefficient (Wildman–Crippen LogP) is 3.62. The van der Waals surface area contributed by atoms with Gasteiger partial charge in [0.2, 0.25) is 0 Å². The van der Waals surface area contributed by atoms with Crippen LogP contribution < -0.4 is 4.74 Å². The number of aromatic nitrogens is 1. The number of hydrogen-bond donors (Lipinski definition) is 0. The van der Waals surface area contributed by atoms with Crippen molar-refractivity contribution in [2.45, 2.75) is 25.7 Å². The van der Waals surface area contributed by atoms with Crippen molar-refractivity contribution in [1.29, 1.82) is 0 Å². The number of rotatable bonds is 3. The van der Waals surface area contributed by atoms with Gasteiger partial charge in [0.25, 0.3) is 5.91 Å². The third-order valence-corrected chi connectivity index (χ3v) is 5.17. The highest BCUT2D eigenvalue weighted by atomic mass is 32.1. The standard InChI is InChI=1S/C17H19FN2O2S/c1-11-9-19-16(23-11)13-4-3-7-20(10-13)17(21)12-5-6-15(22-2)14(18)8-12/h5-6,8-9,13H,3-4,7,10H2,1-2H3/t13-/m0/s1. The van der Waals surface area contributed by atoms with E-state index in [2.05, 4.69) is 4.98 Å². The topological polar surface area (TPSA) is 42.4 Å². The van der Waals surface area contributed by atoms with E-state index < -0.39 is 5.82 Å². The monoisotopic (exact) mass is 334 g/mol. The molecule has 1 aliphatic rings. The van der Waals surface area contributed by atoms with E-state index in [1.165, 1.54) is 24.1 Å². The third-order valence-electron chi connectivity index (χ3n) is 4.10. The summed E-state index contributed by atoms with van der Waals surface area (Å²) >= 11 is 1.69. The Labute approximate surface area is 138 Å². The number of likely N-dealkylation sites (tertiary alicyclic amines) is 1. The molecule has 1 saturated heterocycles. The van der Waals surface area contributed by atoms with Gasteiger partial charge in [0.15, 0.2) is 11.6 Å². The Bertz CT molecular complexity index is 716. The summed E-state index contributed by atoms with van der Waals surface area (Å²) in [6.07, 6.45) is 3.85. The van der Waals surface area contributed by atoms with Gasteiger partial charge in [0.1, 0.15) is 0 Å². The van der Waals surface area contributed by atoms with Crippen LogP contribution in [-0.4, -0.2) is 36.0 Å². The fourth-order valence-electron chi connectivity index (χ4n) is 2.91. The van der Waals surface area contributed by atoms with Gasteiger partial charge in [-0.25, -0.2) is 9.37 Å². The summed E-state index contributed by atoms with van der Waals surface area (Å²) in [5, 5.41) is 1.08. The summed E-state index contributed by atoms with van der Waals surface area (Å²) in [6.45, 7) is 3.37. The van der Waals surface area contributed by atoms with Gasteiger partial charge in [-0.3, -0.25) is 4.79 Å². The lowest BCUT2D eigenvalue weighted by molar-refractivity contribution is 0.0706. The first kappa shape index (κ1) is 15.9. The van der Waals surface area contributed by atoms with Crippen molar-refractivity contribution in [2.24, 2.45) is 0 Å². The van der Waals surface area contributed by atoms with Gasteiger partial charge >= 0.3 is 0 Å². The quantitative estimate of drug-likeness (QED) is 0.861. The number of hydrogen-bond acceptors (Lipinski definition) is 4. The van der Waals surface area contributed by atoms with Crippen molar-refractivity contribution >= 4 is 17.2 Å². The molecule has 1 aliphatic heterocycles. The first-order chi connectivity index (χ1) is 11.1. The number of halogens is 1. The Morgan fingerprint density at radius 2 is 2.30 bits per heavy atom. The van der Waals surface area contributed by atoms with Gasteiger partial charge in [-0.1, -0.05) is 0 Å². The van der Waals surface area contributed by atoms with Crippen molar-refractivity contribution in [1.82, 2.24) is 9.88 Å². The zero-order valence-electron chi connectivity index (χ0n) is 13.2. The Morgan fingerprint density at radius 3 is 2.96 bits per heavy atom. The number of aryl methyl sites for hydroxylation is 1. The second-order valence-electron chi connectivity index (χ2n) is 5.75. The zero-order valence-corrected chi connectivity index (χ0v) is 14.0. The van der Waals surface area contributed by atoms with E-state index in [0.717, 1.165) is 17.8 Å². The van der Waals surface area contributed by atoms with E-state index in [0.29, 0.717) is 18.7 Å². The van der Waals surface area contributed by atoms with Crippen LogP contribution in [-0.2, 0) is 0 Å². The van der Waals surface area contributed by atoms with Gasteiger partial charge in [0, 0.05) is 35.6 Å². The van der Waals surface area contributed by atoms with Crippen molar-refractivity contribution in [2.75, 3.05) is 20.2 Å². The summed E-state index contributed by atoms with van der Waals surface area (Å²) in [6, 6.07) is 4.36. The van der Waals surface area contributed by atoms with Gasteiger partial charge in [-0.05, 0) is 38.0 Å². The van der Waals surface area contributed by atoms with Crippen molar-refractivity contribution in [3.63, 3.8) is 0 Å². The molecule has 2 aromatic rings. The maximum Gasteiger partial charge on any atom is 0.253 e. The molecule has 1 atom stereocenters. The lowest BCUT2D eigenvalue weighted by atomic mass is 9.98. The number of carbonyl (C=O) groups is 1. The SMILES string of the molecule is COc1ccc(C(=O)N2CCC[C@H](c3ncc(C)s3)C2)cc1F. The highest BCUT2D eigenvalue weighted by Gasteiger charge is 2.27. The smallest absolute Gasteiger partial charge is 0.253 e. The summed E-state index contributed by atoms with van der Waals surface area (Å²) < 4.78 is 18.7. The van der Waals surface area contributed by atoms with Crippen LogP contribution in [0.25, 0.3) is 0 Å². The fourth-order valence-corrected chi connectivity index (χ4v) is 3.81. The molecule has 2 heterocycles. The van der Waals surface area contributed by atoms with Crippen LogP contribution in [0.5, 0.6) is 5.75 Å². The lowest BCUT2D eigenvalue weighted by Crippen LogP contribution is -2.39. The first-order valence-electron chi connectivity index (χ1n) is 7.63. The van der Waals surface area contributed by atoms with E-state index in [4.69, 9.17) is 4.74 Å². The molecule has 0 N–H and O–H groups in total. The van der Waals surface area contributed by atoms with Crippen LogP contribution in [0.2, 0.25) is 0 Å². The van der Waals surface area contributed by atoms with E-state index in [1.54, 1.807) is 22.3 Å². The van der Waals surface area contributed by atoms with Crippen LogP contribution in [0.4, 0.5) is 4.39 Å². The number of ether oxygens (including phenoxy) is 1. The van der Waals surface area contributed by atoms with Gasteiger partial charge in [0.05, 0.1) is 12.1 Å². The molecule has 0 saturated carbocycles. The van der Waals surface area contributed by atoms with E-state index in [9.17, 15) is 9.18 Å². The second-order valence-corrected chi connectivity index (χ2v) is 7.02. The van der Waals surface area contributed by atoms with Crippen LogP contribution in [0.15, 0.2) is 24.4 Å². The predicted molar refractivity (Wildman–Crippen MR) is 87.7 cm³/mol. The molecule has 0 aliphatic carbocycles. The minimum absolute atomic E-state index is 0.135. The summed E-state index contributed by atoms with van der Waals surface area (Å²) in [5.74, 6) is -0.224. The van der Waals surface area contributed by atoms with E-state index in [1.807, 2.05) is 13.1 Å². The van der Waals surface area contributed by atoms with Gasteiger partial charge < -0.3 is 9.64 Å². The summed E-state index contributed by atoms with van der Waals surface area (Å²) in [5.41, 5.74) is 0.360. The molecule has 3 rings (SSSR count). The maximum absolute atomic E-state index is 13.8. The third kappa shape index (κ3) is 3.37. The molecule has 6 heteroatoms. The molecular weight excluding hydrogens is 315 g/mol. The van der Waals surface area contributed by atoms with Gasteiger partial charge in [-0.15, -0.1) is 11.3 Å². The molecule has 23 heavy (non-hydrogen) atoms. The van der Waals surface area contributed by atoms with Crippen molar-refractivity contribution in [3.8, 4) is 5.75 Å².